The fraction of sp³-hybridized carbons (Fsp3) is 0.333. The minimum atomic E-state index is 0.714. The zero-order valence-corrected chi connectivity index (χ0v) is 9.22. The monoisotopic (exact) mass is 283 g/mol. The Labute approximate surface area is 80.9 Å². The molecule has 0 radical (unpaired) electrons. The van der Waals surface area contributed by atoms with E-state index in [4.69, 9.17) is 5.73 Å². The molecule has 0 fully saturated rings. The number of rotatable bonds is 2. The first-order valence-electron chi connectivity index (χ1n) is 2.87. The molecule has 0 spiro atoms. The Morgan fingerprint density at radius 1 is 1.50 bits per heavy atom. The normalized spacial score (nSPS) is 10.3. The molecule has 0 amide bonds. The molecule has 1 nitrogen and oxygen atoms in total. The molecule has 0 unspecified atom stereocenters. The van der Waals surface area contributed by atoms with Crippen molar-refractivity contribution in [2.24, 2.45) is 5.73 Å². The lowest BCUT2D eigenvalue weighted by atomic mass is 10.3. The van der Waals surface area contributed by atoms with Crippen molar-refractivity contribution in [2.45, 2.75) is 6.42 Å². The Morgan fingerprint density at radius 3 is 2.60 bits per heavy atom. The van der Waals surface area contributed by atoms with Crippen molar-refractivity contribution >= 4 is 43.2 Å². The number of nitrogens with two attached hydrogens (primary N) is 1. The lowest BCUT2D eigenvalue weighted by Crippen LogP contribution is -2.01. The van der Waals surface area contributed by atoms with Crippen LogP contribution in [-0.4, -0.2) is 6.54 Å². The second kappa shape index (κ2) is 3.85. The van der Waals surface area contributed by atoms with Gasteiger partial charge >= 0.3 is 0 Å². The summed E-state index contributed by atoms with van der Waals surface area (Å²) in [4.78, 5) is 1.31. The Hall–Kier alpha value is 0.620. The predicted molar refractivity (Wildman–Crippen MR) is 52.5 cm³/mol. The van der Waals surface area contributed by atoms with Crippen LogP contribution in [-0.2, 0) is 6.42 Å². The van der Waals surface area contributed by atoms with Crippen LogP contribution in [0.3, 0.4) is 0 Å². The van der Waals surface area contributed by atoms with Gasteiger partial charge in [0.1, 0.15) is 0 Å². The van der Waals surface area contributed by atoms with Crippen molar-refractivity contribution in [3.8, 4) is 0 Å². The summed E-state index contributed by atoms with van der Waals surface area (Å²) in [5.41, 5.74) is 5.41. The molecule has 0 aliphatic carbocycles. The zero-order valence-electron chi connectivity index (χ0n) is 5.23. The highest BCUT2D eigenvalue weighted by molar-refractivity contribution is 9.13. The Morgan fingerprint density at radius 2 is 2.20 bits per heavy atom. The van der Waals surface area contributed by atoms with E-state index < -0.39 is 0 Å². The first-order chi connectivity index (χ1) is 4.75. The SMILES string of the molecule is NCCc1scc(Br)c1Br. The summed E-state index contributed by atoms with van der Waals surface area (Å²) >= 11 is 8.59. The van der Waals surface area contributed by atoms with Crippen LogP contribution in [0.5, 0.6) is 0 Å². The van der Waals surface area contributed by atoms with Crippen LogP contribution in [0.25, 0.3) is 0 Å². The average Bonchev–Trinajstić information content (AvgIpc) is 2.20. The van der Waals surface area contributed by atoms with E-state index >= 15 is 0 Å². The summed E-state index contributed by atoms with van der Waals surface area (Å²) in [5.74, 6) is 0. The second-order valence-corrected chi connectivity index (χ2v) is 4.47. The van der Waals surface area contributed by atoms with Gasteiger partial charge in [0, 0.05) is 19.2 Å². The first kappa shape index (κ1) is 8.71. The summed E-state index contributed by atoms with van der Waals surface area (Å²) in [6.07, 6.45) is 0.955. The molecule has 0 saturated heterocycles. The largest absolute Gasteiger partial charge is 0.330 e. The molecule has 0 aliphatic heterocycles. The number of hydrogen-bond donors (Lipinski definition) is 1. The van der Waals surface area contributed by atoms with Crippen LogP contribution in [0.1, 0.15) is 4.88 Å². The number of hydrogen-bond acceptors (Lipinski definition) is 2. The Kier molecular flexibility index (Phi) is 3.36. The van der Waals surface area contributed by atoms with Crippen LogP contribution in [0.15, 0.2) is 14.3 Å². The van der Waals surface area contributed by atoms with Crippen LogP contribution in [0.4, 0.5) is 0 Å². The van der Waals surface area contributed by atoms with Gasteiger partial charge in [-0.15, -0.1) is 11.3 Å². The van der Waals surface area contributed by atoms with E-state index in [1.807, 2.05) is 0 Å². The van der Waals surface area contributed by atoms with E-state index in [9.17, 15) is 0 Å². The Balaban J connectivity index is 2.83. The van der Waals surface area contributed by atoms with Crippen LogP contribution in [0, 0.1) is 0 Å². The molecule has 10 heavy (non-hydrogen) atoms. The molecule has 0 atom stereocenters. The molecule has 4 heteroatoms. The van der Waals surface area contributed by atoms with Gasteiger partial charge in [-0.2, -0.15) is 0 Å². The average molecular weight is 285 g/mol. The van der Waals surface area contributed by atoms with Crippen LogP contribution < -0.4 is 5.73 Å². The third kappa shape index (κ3) is 1.81. The molecule has 0 aliphatic rings. The van der Waals surface area contributed by atoms with Gasteiger partial charge in [-0.3, -0.25) is 0 Å². The molecular formula is C6H7Br2NS. The molecule has 1 aromatic rings. The van der Waals surface area contributed by atoms with Gasteiger partial charge in [-0.1, -0.05) is 0 Å². The van der Waals surface area contributed by atoms with Crippen molar-refractivity contribution in [3.63, 3.8) is 0 Å². The van der Waals surface area contributed by atoms with Gasteiger partial charge in [0.05, 0.1) is 0 Å². The molecule has 1 rings (SSSR count). The highest BCUT2D eigenvalue weighted by Gasteiger charge is 2.04. The van der Waals surface area contributed by atoms with Crippen molar-refractivity contribution < 1.29 is 0 Å². The minimum Gasteiger partial charge on any atom is -0.330 e. The summed E-state index contributed by atoms with van der Waals surface area (Å²) in [7, 11) is 0. The Bertz CT molecular complexity index is 222. The molecule has 56 valence electrons. The highest BCUT2D eigenvalue weighted by Crippen LogP contribution is 2.32. The molecule has 1 aromatic heterocycles. The van der Waals surface area contributed by atoms with Gasteiger partial charge in [0.2, 0.25) is 0 Å². The predicted octanol–water partition coefficient (Wildman–Crippen LogP) is 2.77. The van der Waals surface area contributed by atoms with E-state index in [-0.39, 0.29) is 0 Å². The maximum Gasteiger partial charge on any atom is 0.0457 e. The molecule has 0 bridgehead atoms. The quantitative estimate of drug-likeness (QED) is 0.888. The third-order valence-corrected chi connectivity index (χ3v) is 4.81. The molecule has 0 aromatic carbocycles. The number of halogens is 2. The van der Waals surface area contributed by atoms with Gasteiger partial charge in [-0.25, -0.2) is 0 Å². The third-order valence-electron chi connectivity index (χ3n) is 1.13. The van der Waals surface area contributed by atoms with E-state index in [1.165, 1.54) is 4.88 Å². The van der Waals surface area contributed by atoms with Gasteiger partial charge in [-0.05, 0) is 44.8 Å². The lowest BCUT2D eigenvalue weighted by Gasteiger charge is -1.92. The molecule has 1 heterocycles. The van der Waals surface area contributed by atoms with Gasteiger partial charge < -0.3 is 5.73 Å². The minimum absolute atomic E-state index is 0.714. The van der Waals surface area contributed by atoms with Crippen molar-refractivity contribution in [1.29, 1.82) is 0 Å². The molecular weight excluding hydrogens is 278 g/mol. The van der Waals surface area contributed by atoms with E-state index in [2.05, 4.69) is 37.2 Å². The van der Waals surface area contributed by atoms with Crippen molar-refractivity contribution in [2.75, 3.05) is 6.54 Å². The van der Waals surface area contributed by atoms with Crippen molar-refractivity contribution in [1.82, 2.24) is 0 Å². The fourth-order valence-corrected chi connectivity index (χ4v) is 2.87. The van der Waals surface area contributed by atoms with Crippen LogP contribution >= 0.6 is 43.2 Å². The standard InChI is InChI=1S/C6H7Br2NS/c7-4-3-10-5(1-2-9)6(4)8/h3H,1-2,9H2. The van der Waals surface area contributed by atoms with E-state index in [0.717, 1.165) is 15.4 Å². The fourth-order valence-electron chi connectivity index (χ4n) is 0.659. The van der Waals surface area contributed by atoms with Gasteiger partial charge in [0.25, 0.3) is 0 Å². The smallest absolute Gasteiger partial charge is 0.0457 e. The first-order valence-corrected chi connectivity index (χ1v) is 5.33. The van der Waals surface area contributed by atoms with Crippen molar-refractivity contribution in [3.05, 3.63) is 19.2 Å². The second-order valence-electron chi connectivity index (χ2n) is 1.86. The van der Waals surface area contributed by atoms with E-state index in [1.54, 1.807) is 11.3 Å². The summed E-state index contributed by atoms with van der Waals surface area (Å²) in [6.45, 7) is 0.714. The van der Waals surface area contributed by atoms with Crippen LogP contribution in [0.2, 0.25) is 0 Å². The lowest BCUT2D eigenvalue weighted by molar-refractivity contribution is 0.984. The summed E-state index contributed by atoms with van der Waals surface area (Å²) in [6, 6.07) is 0. The number of thiophene rings is 1. The maximum absolute atomic E-state index is 5.41. The van der Waals surface area contributed by atoms with E-state index in [0.29, 0.717) is 6.54 Å². The molecule has 0 saturated carbocycles. The topological polar surface area (TPSA) is 26.0 Å². The molecule has 2 N–H and O–H groups in total. The maximum atomic E-state index is 5.41. The summed E-state index contributed by atoms with van der Waals surface area (Å²) in [5, 5.41) is 2.06. The van der Waals surface area contributed by atoms with Gasteiger partial charge in [0.15, 0.2) is 0 Å². The zero-order chi connectivity index (χ0) is 7.56. The summed E-state index contributed by atoms with van der Waals surface area (Å²) < 4.78 is 2.28. The highest BCUT2D eigenvalue weighted by atomic mass is 79.9.